The lowest BCUT2D eigenvalue weighted by Crippen LogP contribution is -2.48. The van der Waals surface area contributed by atoms with Crippen LogP contribution in [0.3, 0.4) is 0 Å². The second-order valence-corrected chi connectivity index (χ2v) is 7.96. The van der Waals surface area contributed by atoms with Gasteiger partial charge in [-0.25, -0.2) is 9.79 Å². The smallest absolute Gasteiger partial charge is 0.409 e. The third-order valence-electron chi connectivity index (χ3n) is 5.68. The fourth-order valence-corrected chi connectivity index (χ4v) is 3.98. The minimum Gasteiger partial charge on any atom is -0.450 e. The molecule has 0 aromatic heterocycles. The van der Waals surface area contributed by atoms with Gasteiger partial charge in [-0.2, -0.15) is 0 Å². The molecule has 3 rings (SSSR count). The highest BCUT2D eigenvalue weighted by molar-refractivity contribution is 5.78. The molecule has 29 heavy (non-hydrogen) atoms. The second-order valence-electron chi connectivity index (χ2n) is 7.96. The number of guanidine groups is 1. The van der Waals surface area contributed by atoms with Crippen LogP contribution < -0.4 is 11.1 Å². The van der Waals surface area contributed by atoms with Crippen LogP contribution in [-0.2, 0) is 17.8 Å². The number of ether oxygens (including phenoxy) is 1. The van der Waals surface area contributed by atoms with E-state index in [2.05, 4.69) is 39.5 Å². The van der Waals surface area contributed by atoms with E-state index in [-0.39, 0.29) is 12.1 Å². The summed E-state index contributed by atoms with van der Waals surface area (Å²) < 4.78 is 5.05. The average molecular weight is 402 g/mol. The Hall–Kier alpha value is -2.28. The number of carbonyl (C=O) groups excluding carboxylic acids is 1. The lowest BCUT2D eigenvalue weighted by atomic mass is 10.1. The van der Waals surface area contributed by atoms with Crippen molar-refractivity contribution in [2.45, 2.75) is 58.2 Å². The number of benzene rings is 1. The first-order chi connectivity index (χ1) is 14.1. The molecule has 7 heteroatoms. The summed E-state index contributed by atoms with van der Waals surface area (Å²) in [5, 5.41) is 3.29. The lowest BCUT2D eigenvalue weighted by Gasteiger charge is -2.31. The maximum absolute atomic E-state index is 11.8. The van der Waals surface area contributed by atoms with Crippen molar-refractivity contribution >= 4 is 12.1 Å². The standard InChI is InChI=1S/C22H35N5O2/c1-2-29-22(28)27-14-10-20(11-15-27)25-21(23)24-16-18-6-8-19(9-7-18)17-26-12-4-3-5-13-26/h6-9,20H,2-5,10-17H2,1H3,(H3,23,24,25). The Balaban J connectivity index is 1.40. The van der Waals surface area contributed by atoms with Gasteiger partial charge in [0.15, 0.2) is 5.96 Å². The molecule has 1 aromatic carbocycles. The molecule has 0 spiro atoms. The summed E-state index contributed by atoms with van der Waals surface area (Å²) in [4.78, 5) is 20.5. The third kappa shape index (κ3) is 6.92. The topological polar surface area (TPSA) is 83.2 Å². The van der Waals surface area contributed by atoms with Gasteiger partial charge in [0.2, 0.25) is 0 Å². The van der Waals surface area contributed by atoms with Crippen LogP contribution in [0.2, 0.25) is 0 Å². The van der Waals surface area contributed by atoms with Gasteiger partial charge < -0.3 is 20.7 Å². The van der Waals surface area contributed by atoms with Crippen LogP contribution in [0.15, 0.2) is 29.3 Å². The number of hydrogen-bond acceptors (Lipinski definition) is 4. The number of nitrogens with two attached hydrogens (primary N) is 1. The molecule has 7 nitrogen and oxygen atoms in total. The van der Waals surface area contributed by atoms with Gasteiger partial charge >= 0.3 is 6.09 Å². The molecule has 0 radical (unpaired) electrons. The molecule has 2 saturated heterocycles. The molecular formula is C22H35N5O2. The van der Waals surface area contributed by atoms with E-state index in [4.69, 9.17) is 10.5 Å². The van der Waals surface area contributed by atoms with Gasteiger partial charge in [-0.3, -0.25) is 4.90 Å². The lowest BCUT2D eigenvalue weighted by molar-refractivity contribution is 0.0963. The fourth-order valence-electron chi connectivity index (χ4n) is 3.98. The summed E-state index contributed by atoms with van der Waals surface area (Å²) in [7, 11) is 0. The third-order valence-corrected chi connectivity index (χ3v) is 5.68. The Kier molecular flexibility index (Phi) is 8.16. The second kappa shape index (κ2) is 11.0. The number of nitrogens with one attached hydrogen (secondary N) is 1. The number of hydrogen-bond donors (Lipinski definition) is 2. The number of likely N-dealkylation sites (tertiary alicyclic amines) is 2. The van der Waals surface area contributed by atoms with Gasteiger partial charge in [0.25, 0.3) is 0 Å². The van der Waals surface area contributed by atoms with Gasteiger partial charge in [0, 0.05) is 25.7 Å². The molecule has 0 saturated carbocycles. The number of amides is 1. The van der Waals surface area contributed by atoms with Crippen LogP contribution in [0.5, 0.6) is 0 Å². The van der Waals surface area contributed by atoms with Crippen LogP contribution >= 0.6 is 0 Å². The minimum atomic E-state index is -0.226. The maximum atomic E-state index is 11.8. The van der Waals surface area contributed by atoms with Crippen LogP contribution in [-0.4, -0.2) is 60.7 Å². The van der Waals surface area contributed by atoms with Crippen molar-refractivity contribution in [3.05, 3.63) is 35.4 Å². The highest BCUT2D eigenvalue weighted by atomic mass is 16.6. The molecule has 0 unspecified atom stereocenters. The highest BCUT2D eigenvalue weighted by Crippen LogP contribution is 2.14. The van der Waals surface area contributed by atoms with Crippen molar-refractivity contribution in [1.29, 1.82) is 0 Å². The number of carbonyl (C=O) groups is 1. The van der Waals surface area contributed by atoms with Crippen molar-refractivity contribution in [2.24, 2.45) is 10.7 Å². The molecule has 2 aliphatic rings. The van der Waals surface area contributed by atoms with Gasteiger partial charge in [-0.05, 0) is 56.8 Å². The molecular weight excluding hydrogens is 366 g/mol. The first-order valence-electron chi connectivity index (χ1n) is 10.9. The van der Waals surface area contributed by atoms with Crippen molar-refractivity contribution in [2.75, 3.05) is 32.8 Å². The number of aliphatic imine (C=N–C) groups is 1. The first-order valence-corrected chi connectivity index (χ1v) is 10.9. The van der Waals surface area contributed by atoms with E-state index < -0.39 is 0 Å². The molecule has 2 aliphatic heterocycles. The molecule has 0 bridgehead atoms. The van der Waals surface area contributed by atoms with E-state index in [0.717, 1.165) is 24.9 Å². The van der Waals surface area contributed by atoms with Gasteiger partial charge in [-0.1, -0.05) is 30.7 Å². The van der Waals surface area contributed by atoms with Crippen molar-refractivity contribution in [3.63, 3.8) is 0 Å². The van der Waals surface area contributed by atoms with E-state index in [1.165, 1.54) is 37.9 Å². The molecule has 2 fully saturated rings. The molecule has 0 atom stereocenters. The van der Waals surface area contributed by atoms with Gasteiger partial charge in [-0.15, -0.1) is 0 Å². The van der Waals surface area contributed by atoms with Crippen molar-refractivity contribution < 1.29 is 9.53 Å². The van der Waals surface area contributed by atoms with Crippen LogP contribution in [0.25, 0.3) is 0 Å². The summed E-state index contributed by atoms with van der Waals surface area (Å²) in [6.07, 6.45) is 5.48. The minimum absolute atomic E-state index is 0.226. The van der Waals surface area contributed by atoms with Gasteiger partial charge in [0.1, 0.15) is 0 Å². The first kappa shape index (κ1) is 21.4. The van der Waals surface area contributed by atoms with E-state index in [1.54, 1.807) is 4.90 Å². The summed E-state index contributed by atoms with van der Waals surface area (Å²) >= 11 is 0. The summed E-state index contributed by atoms with van der Waals surface area (Å²) in [5.74, 6) is 0.469. The largest absolute Gasteiger partial charge is 0.450 e. The Morgan fingerprint density at radius 1 is 1.10 bits per heavy atom. The summed E-state index contributed by atoms with van der Waals surface area (Å²) in [6, 6.07) is 8.95. The Bertz CT molecular complexity index is 662. The van der Waals surface area contributed by atoms with Gasteiger partial charge in [0.05, 0.1) is 13.2 Å². The molecule has 160 valence electrons. The molecule has 0 aliphatic carbocycles. The Morgan fingerprint density at radius 3 is 2.41 bits per heavy atom. The Morgan fingerprint density at radius 2 is 1.76 bits per heavy atom. The van der Waals surface area contributed by atoms with E-state index >= 15 is 0 Å². The summed E-state index contributed by atoms with van der Waals surface area (Å²) in [5.41, 5.74) is 8.60. The Labute approximate surface area is 174 Å². The van der Waals surface area contributed by atoms with E-state index in [0.29, 0.717) is 32.2 Å². The zero-order valence-corrected chi connectivity index (χ0v) is 17.6. The average Bonchev–Trinajstić information content (AvgIpc) is 2.75. The monoisotopic (exact) mass is 401 g/mol. The number of rotatable bonds is 6. The van der Waals surface area contributed by atoms with Crippen LogP contribution in [0.4, 0.5) is 4.79 Å². The fraction of sp³-hybridized carbons (Fsp3) is 0.636. The summed E-state index contributed by atoms with van der Waals surface area (Å²) in [6.45, 7) is 7.65. The molecule has 3 N–H and O–H groups in total. The number of piperidine rings is 2. The predicted octanol–water partition coefficient (Wildman–Crippen LogP) is 2.70. The van der Waals surface area contributed by atoms with Crippen LogP contribution in [0, 0.1) is 0 Å². The van der Waals surface area contributed by atoms with E-state index in [9.17, 15) is 4.79 Å². The SMILES string of the molecule is CCOC(=O)N1CCC(NC(N)=NCc2ccc(CN3CCCCC3)cc2)CC1. The quantitative estimate of drug-likeness (QED) is 0.566. The van der Waals surface area contributed by atoms with Crippen LogP contribution in [0.1, 0.15) is 50.2 Å². The molecule has 1 amide bonds. The predicted molar refractivity (Wildman–Crippen MR) is 116 cm³/mol. The highest BCUT2D eigenvalue weighted by Gasteiger charge is 2.23. The van der Waals surface area contributed by atoms with Crippen molar-refractivity contribution in [3.8, 4) is 0 Å². The van der Waals surface area contributed by atoms with Crippen molar-refractivity contribution in [1.82, 2.24) is 15.1 Å². The zero-order chi connectivity index (χ0) is 20.5. The molecule has 1 aromatic rings. The molecule has 2 heterocycles. The normalized spacial score (nSPS) is 19.2. The van der Waals surface area contributed by atoms with E-state index in [1.807, 2.05) is 6.92 Å². The maximum Gasteiger partial charge on any atom is 0.409 e. The zero-order valence-electron chi connectivity index (χ0n) is 17.6. The number of nitrogens with zero attached hydrogens (tertiary/aromatic N) is 3.